The van der Waals surface area contributed by atoms with Gasteiger partial charge in [-0.15, -0.1) is 0 Å². The van der Waals surface area contributed by atoms with Crippen molar-refractivity contribution in [2.75, 3.05) is 12.3 Å². The molecule has 0 aliphatic rings. The van der Waals surface area contributed by atoms with Gasteiger partial charge in [0.1, 0.15) is 5.82 Å². The molecule has 4 nitrogen and oxygen atoms in total. The van der Waals surface area contributed by atoms with Crippen molar-refractivity contribution in [3.05, 3.63) is 29.6 Å². The second-order valence-corrected chi connectivity index (χ2v) is 3.51. The lowest BCUT2D eigenvalue weighted by Crippen LogP contribution is -2.32. The summed E-state index contributed by atoms with van der Waals surface area (Å²) in [5, 5.41) is 11.7. The van der Waals surface area contributed by atoms with Crippen LogP contribution < -0.4 is 11.1 Å². The third-order valence-corrected chi connectivity index (χ3v) is 2.20. The third kappa shape index (κ3) is 3.20. The zero-order valence-electron chi connectivity index (χ0n) is 9.03. The lowest BCUT2D eigenvalue weighted by molar-refractivity contribution is 0.0910. The Hall–Kier alpha value is -1.62. The van der Waals surface area contributed by atoms with Gasteiger partial charge >= 0.3 is 0 Å². The zero-order valence-corrected chi connectivity index (χ0v) is 9.03. The number of aliphatic hydroxyl groups is 1. The molecule has 16 heavy (non-hydrogen) atoms. The second-order valence-electron chi connectivity index (χ2n) is 3.51. The summed E-state index contributed by atoms with van der Waals surface area (Å²) in [6, 6.07) is 3.79. The van der Waals surface area contributed by atoms with Gasteiger partial charge in [-0.2, -0.15) is 0 Å². The highest BCUT2D eigenvalue weighted by Gasteiger charge is 2.12. The van der Waals surface area contributed by atoms with E-state index in [1.165, 1.54) is 12.1 Å². The summed E-state index contributed by atoms with van der Waals surface area (Å²) in [5.74, 6) is -1.20. The van der Waals surface area contributed by atoms with Gasteiger partial charge in [-0.3, -0.25) is 4.79 Å². The SMILES string of the molecule is CCC(O)CNC(=O)c1cc(N)ccc1F. The van der Waals surface area contributed by atoms with Crippen LogP contribution in [0.2, 0.25) is 0 Å². The molecule has 4 N–H and O–H groups in total. The number of nitrogen functional groups attached to an aromatic ring is 1. The molecule has 88 valence electrons. The fourth-order valence-corrected chi connectivity index (χ4v) is 1.17. The van der Waals surface area contributed by atoms with Gasteiger partial charge < -0.3 is 16.2 Å². The fourth-order valence-electron chi connectivity index (χ4n) is 1.17. The van der Waals surface area contributed by atoms with E-state index in [1.807, 2.05) is 0 Å². The van der Waals surface area contributed by atoms with Crippen LogP contribution in [0.3, 0.4) is 0 Å². The monoisotopic (exact) mass is 226 g/mol. The number of nitrogens with one attached hydrogen (secondary N) is 1. The number of hydrogen-bond acceptors (Lipinski definition) is 3. The van der Waals surface area contributed by atoms with Crippen molar-refractivity contribution in [1.29, 1.82) is 0 Å². The van der Waals surface area contributed by atoms with Crippen LogP contribution in [-0.2, 0) is 0 Å². The molecule has 0 radical (unpaired) electrons. The normalized spacial score (nSPS) is 12.2. The molecule has 1 aromatic rings. The molecule has 0 aromatic heterocycles. The van der Waals surface area contributed by atoms with E-state index in [0.717, 1.165) is 6.07 Å². The van der Waals surface area contributed by atoms with E-state index >= 15 is 0 Å². The topological polar surface area (TPSA) is 75.3 Å². The summed E-state index contributed by atoms with van der Waals surface area (Å²) < 4.78 is 13.2. The second kappa shape index (κ2) is 5.46. The van der Waals surface area contributed by atoms with Crippen molar-refractivity contribution >= 4 is 11.6 Å². The highest BCUT2D eigenvalue weighted by molar-refractivity contribution is 5.95. The highest BCUT2D eigenvalue weighted by atomic mass is 19.1. The maximum atomic E-state index is 13.2. The molecular formula is C11H15FN2O2. The number of carbonyl (C=O) groups is 1. The minimum atomic E-state index is -0.627. The fraction of sp³-hybridized carbons (Fsp3) is 0.364. The molecule has 1 atom stereocenters. The van der Waals surface area contributed by atoms with Crippen molar-refractivity contribution in [2.24, 2.45) is 0 Å². The van der Waals surface area contributed by atoms with E-state index in [9.17, 15) is 14.3 Å². The summed E-state index contributed by atoms with van der Waals surface area (Å²) >= 11 is 0. The summed E-state index contributed by atoms with van der Waals surface area (Å²) in [6.45, 7) is 1.89. The van der Waals surface area contributed by atoms with Crippen LogP contribution >= 0.6 is 0 Å². The molecule has 0 spiro atoms. The molecule has 0 bridgehead atoms. The third-order valence-electron chi connectivity index (χ3n) is 2.20. The van der Waals surface area contributed by atoms with E-state index in [0.29, 0.717) is 12.1 Å². The lowest BCUT2D eigenvalue weighted by Gasteiger charge is -2.10. The molecule has 0 heterocycles. The molecular weight excluding hydrogens is 211 g/mol. The van der Waals surface area contributed by atoms with Crippen LogP contribution in [-0.4, -0.2) is 23.7 Å². The van der Waals surface area contributed by atoms with Gasteiger partial charge in [0, 0.05) is 12.2 Å². The van der Waals surface area contributed by atoms with Crippen molar-refractivity contribution in [3.63, 3.8) is 0 Å². The Bertz CT molecular complexity index is 382. The van der Waals surface area contributed by atoms with Crippen LogP contribution in [0.1, 0.15) is 23.7 Å². The van der Waals surface area contributed by atoms with E-state index < -0.39 is 17.8 Å². The van der Waals surface area contributed by atoms with Gasteiger partial charge in [0.15, 0.2) is 0 Å². The maximum Gasteiger partial charge on any atom is 0.254 e. The quantitative estimate of drug-likeness (QED) is 0.668. The largest absolute Gasteiger partial charge is 0.399 e. The molecule has 1 amide bonds. The number of benzene rings is 1. The van der Waals surface area contributed by atoms with Gasteiger partial charge in [0.25, 0.3) is 5.91 Å². The minimum absolute atomic E-state index is 0.101. The van der Waals surface area contributed by atoms with Gasteiger partial charge in [0.05, 0.1) is 11.7 Å². The summed E-state index contributed by atoms with van der Waals surface area (Å²) in [5.41, 5.74) is 5.67. The van der Waals surface area contributed by atoms with Crippen molar-refractivity contribution in [3.8, 4) is 0 Å². The predicted octanol–water partition coefficient (Wildman–Crippen LogP) is 0.909. The lowest BCUT2D eigenvalue weighted by atomic mass is 10.1. The maximum absolute atomic E-state index is 13.2. The number of hydrogen-bond donors (Lipinski definition) is 3. The van der Waals surface area contributed by atoms with Gasteiger partial charge in [-0.05, 0) is 24.6 Å². The number of anilines is 1. The molecule has 0 saturated carbocycles. The number of rotatable bonds is 4. The average molecular weight is 226 g/mol. The Morgan fingerprint density at radius 2 is 2.31 bits per heavy atom. The Morgan fingerprint density at radius 3 is 2.94 bits per heavy atom. The van der Waals surface area contributed by atoms with Gasteiger partial charge in [-0.1, -0.05) is 6.92 Å². The van der Waals surface area contributed by atoms with Crippen molar-refractivity contribution < 1.29 is 14.3 Å². The molecule has 0 fully saturated rings. The van der Waals surface area contributed by atoms with E-state index in [4.69, 9.17) is 5.73 Å². The molecule has 0 aliphatic heterocycles. The molecule has 1 unspecified atom stereocenters. The van der Waals surface area contributed by atoms with E-state index in [-0.39, 0.29) is 12.1 Å². The molecule has 0 saturated heterocycles. The Kier molecular flexibility index (Phi) is 4.25. The number of halogens is 1. The smallest absolute Gasteiger partial charge is 0.254 e. The Morgan fingerprint density at radius 1 is 1.62 bits per heavy atom. The first-order valence-electron chi connectivity index (χ1n) is 5.06. The first-order chi connectivity index (χ1) is 7.54. The van der Waals surface area contributed by atoms with Gasteiger partial charge in [0.2, 0.25) is 0 Å². The highest BCUT2D eigenvalue weighted by Crippen LogP contribution is 2.11. The predicted molar refractivity (Wildman–Crippen MR) is 59.4 cm³/mol. The standard InChI is InChI=1S/C11H15FN2O2/c1-2-8(15)6-14-11(16)9-5-7(13)3-4-10(9)12/h3-5,8,15H,2,6,13H2,1H3,(H,14,16). The van der Waals surface area contributed by atoms with E-state index in [2.05, 4.69) is 5.32 Å². The number of nitrogens with two attached hydrogens (primary N) is 1. The van der Waals surface area contributed by atoms with E-state index in [1.54, 1.807) is 6.92 Å². The summed E-state index contributed by atoms with van der Waals surface area (Å²) in [7, 11) is 0. The molecule has 0 aliphatic carbocycles. The number of carbonyl (C=O) groups excluding carboxylic acids is 1. The molecule has 1 aromatic carbocycles. The van der Waals surface area contributed by atoms with Crippen LogP contribution in [0.15, 0.2) is 18.2 Å². The Labute approximate surface area is 93.3 Å². The van der Waals surface area contributed by atoms with Crippen LogP contribution in [0.25, 0.3) is 0 Å². The molecule has 1 rings (SSSR count). The minimum Gasteiger partial charge on any atom is -0.399 e. The molecule has 5 heteroatoms. The first-order valence-corrected chi connectivity index (χ1v) is 5.06. The number of aliphatic hydroxyl groups excluding tert-OH is 1. The van der Waals surface area contributed by atoms with Crippen LogP contribution in [0.5, 0.6) is 0 Å². The summed E-state index contributed by atoms with van der Waals surface area (Å²) in [6.07, 6.45) is -0.0901. The average Bonchev–Trinajstić information content (AvgIpc) is 2.28. The van der Waals surface area contributed by atoms with Gasteiger partial charge in [-0.25, -0.2) is 4.39 Å². The number of amides is 1. The van der Waals surface area contributed by atoms with Crippen molar-refractivity contribution in [1.82, 2.24) is 5.32 Å². The Balaban J connectivity index is 2.69. The zero-order chi connectivity index (χ0) is 12.1. The van der Waals surface area contributed by atoms with Crippen molar-refractivity contribution in [2.45, 2.75) is 19.4 Å². The summed E-state index contributed by atoms with van der Waals surface area (Å²) in [4.78, 5) is 11.5. The van der Waals surface area contributed by atoms with Crippen LogP contribution in [0.4, 0.5) is 10.1 Å². The van der Waals surface area contributed by atoms with Crippen LogP contribution in [0, 0.1) is 5.82 Å². The first kappa shape index (κ1) is 12.4.